The van der Waals surface area contributed by atoms with Crippen LogP contribution in [0, 0.1) is 23.7 Å². The summed E-state index contributed by atoms with van der Waals surface area (Å²) >= 11 is 3.34. The number of imide groups is 1. The molecule has 2 fully saturated rings. The summed E-state index contributed by atoms with van der Waals surface area (Å²) in [6, 6.07) is 5.00. The van der Waals surface area contributed by atoms with Crippen molar-refractivity contribution in [3.05, 3.63) is 40.4 Å². The first-order chi connectivity index (χ1) is 12.9. The fourth-order valence-corrected chi connectivity index (χ4v) is 4.47. The van der Waals surface area contributed by atoms with Gasteiger partial charge < -0.3 is 9.84 Å². The number of halogens is 1. The Hall–Kier alpha value is -2.48. The van der Waals surface area contributed by atoms with Crippen molar-refractivity contribution in [1.82, 2.24) is 5.01 Å². The molecule has 2 aliphatic carbocycles. The van der Waals surface area contributed by atoms with Crippen LogP contribution >= 0.6 is 15.9 Å². The topological polar surface area (TPSA) is 96.3 Å². The van der Waals surface area contributed by atoms with Crippen LogP contribution in [0.1, 0.15) is 18.9 Å². The van der Waals surface area contributed by atoms with Gasteiger partial charge in [-0.2, -0.15) is 10.1 Å². The highest BCUT2D eigenvalue weighted by Gasteiger charge is 2.59. The van der Waals surface area contributed by atoms with Crippen molar-refractivity contribution in [1.29, 1.82) is 0 Å². The predicted octanol–water partition coefficient (Wildman–Crippen LogP) is 2.44. The molecule has 1 N–H and O–H groups in total. The van der Waals surface area contributed by atoms with Gasteiger partial charge in [0.2, 0.25) is 0 Å². The largest absolute Gasteiger partial charge is 0.479 e. The third kappa shape index (κ3) is 2.97. The number of aliphatic carboxylic acids is 1. The molecule has 1 aromatic carbocycles. The zero-order chi connectivity index (χ0) is 19.3. The fourth-order valence-electron chi connectivity index (χ4n) is 4.09. The Morgan fingerprint density at radius 2 is 1.93 bits per heavy atom. The summed E-state index contributed by atoms with van der Waals surface area (Å²) in [5, 5.41) is 14.1. The number of nitrogens with zero attached hydrogens (tertiary/aromatic N) is 2. The molecule has 1 saturated heterocycles. The Labute approximate surface area is 163 Å². The summed E-state index contributed by atoms with van der Waals surface area (Å²) in [4.78, 5) is 36.4. The molecule has 5 atom stereocenters. The van der Waals surface area contributed by atoms with E-state index >= 15 is 0 Å². The van der Waals surface area contributed by atoms with Gasteiger partial charge in [-0.3, -0.25) is 9.59 Å². The minimum Gasteiger partial charge on any atom is -0.479 e. The number of ether oxygens (including phenoxy) is 1. The first-order valence-corrected chi connectivity index (χ1v) is 9.45. The summed E-state index contributed by atoms with van der Waals surface area (Å²) < 4.78 is 6.17. The molecular weight excluding hydrogens is 416 g/mol. The van der Waals surface area contributed by atoms with E-state index in [-0.39, 0.29) is 35.5 Å². The van der Waals surface area contributed by atoms with Crippen LogP contribution in [-0.4, -0.2) is 40.2 Å². The number of carboxylic acid groups (broad SMARTS) is 1. The molecule has 0 spiro atoms. The Morgan fingerprint density at radius 1 is 1.30 bits per heavy atom. The second-order valence-electron chi connectivity index (χ2n) is 7.01. The zero-order valence-corrected chi connectivity index (χ0v) is 16.0. The lowest BCUT2D eigenvalue weighted by atomic mass is 9.85. The molecule has 1 aliphatic heterocycles. The van der Waals surface area contributed by atoms with Gasteiger partial charge in [-0.25, -0.2) is 4.79 Å². The number of carbonyl (C=O) groups excluding carboxylic acids is 2. The number of rotatable bonds is 5. The van der Waals surface area contributed by atoms with Gasteiger partial charge in [-0.1, -0.05) is 28.1 Å². The Bertz CT molecular complexity index is 866. The van der Waals surface area contributed by atoms with Crippen LogP contribution in [0.4, 0.5) is 0 Å². The highest BCUT2D eigenvalue weighted by molar-refractivity contribution is 9.10. The van der Waals surface area contributed by atoms with Crippen molar-refractivity contribution in [2.45, 2.75) is 19.4 Å². The molecule has 2 amide bonds. The quantitative estimate of drug-likeness (QED) is 0.437. The molecule has 2 bridgehead atoms. The van der Waals surface area contributed by atoms with Crippen molar-refractivity contribution in [3.63, 3.8) is 0 Å². The maximum atomic E-state index is 12.7. The van der Waals surface area contributed by atoms with E-state index in [4.69, 9.17) is 9.84 Å². The molecule has 1 aromatic rings. The molecule has 0 unspecified atom stereocenters. The fraction of sp³-hybridized carbons (Fsp3) is 0.368. The number of hydrogen-bond donors (Lipinski definition) is 1. The van der Waals surface area contributed by atoms with E-state index in [1.165, 1.54) is 13.1 Å². The summed E-state index contributed by atoms with van der Waals surface area (Å²) in [6.07, 6.45) is 5.23. The van der Waals surface area contributed by atoms with E-state index in [9.17, 15) is 14.4 Å². The number of hydrogen-bond acceptors (Lipinski definition) is 5. The Kier molecular flexibility index (Phi) is 4.38. The van der Waals surface area contributed by atoms with Gasteiger partial charge in [0.15, 0.2) is 6.10 Å². The average Bonchev–Trinajstić information content (AvgIpc) is 3.30. The monoisotopic (exact) mass is 432 g/mol. The van der Waals surface area contributed by atoms with E-state index in [0.29, 0.717) is 11.3 Å². The van der Waals surface area contributed by atoms with Gasteiger partial charge in [0.05, 0.1) is 18.1 Å². The van der Waals surface area contributed by atoms with E-state index in [1.54, 1.807) is 18.2 Å². The van der Waals surface area contributed by atoms with Crippen LogP contribution in [-0.2, 0) is 14.4 Å². The van der Waals surface area contributed by atoms with Gasteiger partial charge in [0, 0.05) is 10.0 Å². The summed E-state index contributed by atoms with van der Waals surface area (Å²) in [5.41, 5.74) is 0.469. The maximum absolute atomic E-state index is 12.7. The normalized spacial score (nSPS) is 29.6. The predicted molar refractivity (Wildman–Crippen MR) is 99.0 cm³/mol. The second-order valence-corrected chi connectivity index (χ2v) is 7.93. The van der Waals surface area contributed by atoms with Crippen molar-refractivity contribution < 1.29 is 24.2 Å². The van der Waals surface area contributed by atoms with Crippen LogP contribution in [0.25, 0.3) is 0 Å². The lowest BCUT2D eigenvalue weighted by Crippen LogP contribution is -2.28. The smallest absolute Gasteiger partial charge is 0.344 e. The van der Waals surface area contributed by atoms with Crippen LogP contribution in [0.3, 0.4) is 0 Å². The third-order valence-corrected chi connectivity index (χ3v) is 5.88. The van der Waals surface area contributed by atoms with Crippen molar-refractivity contribution >= 4 is 39.9 Å². The number of allylic oxidation sites excluding steroid dienone is 2. The van der Waals surface area contributed by atoms with E-state index in [0.717, 1.165) is 15.9 Å². The van der Waals surface area contributed by atoms with Crippen LogP contribution < -0.4 is 4.74 Å². The third-order valence-electron chi connectivity index (χ3n) is 5.38. The van der Waals surface area contributed by atoms with E-state index in [2.05, 4.69) is 21.0 Å². The SMILES string of the molecule is C[C@@H](Oc1ccc(Br)cc1C=NN1C(=O)[C@@H]2[C@H](C1=O)[C@H]1C=C[C@H]2C1)C(=O)O. The molecule has 1 saturated carbocycles. The zero-order valence-electron chi connectivity index (χ0n) is 14.4. The minimum atomic E-state index is -1.10. The molecule has 8 heteroatoms. The number of fused-ring (bicyclic) bond motifs is 5. The highest BCUT2D eigenvalue weighted by Crippen LogP contribution is 2.52. The maximum Gasteiger partial charge on any atom is 0.344 e. The molecule has 0 aromatic heterocycles. The number of carboxylic acids is 1. The standard InChI is InChI=1S/C19H17BrN2O5/c1-9(19(25)26)27-14-5-4-13(20)7-12(14)8-21-22-17(23)15-10-2-3-11(6-10)16(15)18(22)24/h2-5,7-11,15-16H,6H2,1H3,(H,25,26)/t9-,10+,11+,15-,16+/m1/s1. The molecular formula is C19H17BrN2O5. The molecule has 140 valence electrons. The number of carbonyl (C=O) groups is 3. The molecule has 3 aliphatic rings. The van der Waals surface area contributed by atoms with Crippen molar-refractivity contribution in [2.75, 3.05) is 0 Å². The van der Waals surface area contributed by atoms with Gasteiger partial charge >= 0.3 is 5.97 Å². The summed E-state index contributed by atoms with van der Waals surface area (Å²) in [5.74, 6) is -1.70. The number of benzene rings is 1. The average molecular weight is 433 g/mol. The number of hydrazone groups is 1. The van der Waals surface area contributed by atoms with Crippen LogP contribution in [0.15, 0.2) is 39.9 Å². The van der Waals surface area contributed by atoms with Crippen molar-refractivity contribution in [3.8, 4) is 5.75 Å². The second kappa shape index (κ2) is 6.60. The van der Waals surface area contributed by atoms with E-state index in [1.807, 2.05) is 12.2 Å². The first kappa shape index (κ1) is 17.9. The molecule has 7 nitrogen and oxygen atoms in total. The van der Waals surface area contributed by atoms with Crippen LogP contribution in [0.5, 0.6) is 5.75 Å². The summed E-state index contributed by atoms with van der Waals surface area (Å²) in [7, 11) is 0. The van der Waals surface area contributed by atoms with Crippen molar-refractivity contribution in [2.24, 2.45) is 28.8 Å². The van der Waals surface area contributed by atoms with Gasteiger partial charge in [-0.15, -0.1) is 0 Å². The van der Waals surface area contributed by atoms with Gasteiger partial charge in [0.1, 0.15) is 5.75 Å². The molecule has 1 heterocycles. The lowest BCUT2D eigenvalue weighted by molar-refractivity contribution is -0.144. The molecule has 0 radical (unpaired) electrons. The Morgan fingerprint density at radius 3 is 2.52 bits per heavy atom. The highest BCUT2D eigenvalue weighted by atomic mass is 79.9. The number of amides is 2. The lowest BCUT2D eigenvalue weighted by Gasteiger charge is -2.14. The van der Waals surface area contributed by atoms with Gasteiger partial charge in [-0.05, 0) is 43.4 Å². The first-order valence-electron chi connectivity index (χ1n) is 8.66. The van der Waals surface area contributed by atoms with E-state index < -0.39 is 12.1 Å². The van der Waals surface area contributed by atoms with Crippen LogP contribution in [0.2, 0.25) is 0 Å². The Balaban J connectivity index is 1.58. The molecule has 4 rings (SSSR count). The minimum absolute atomic E-state index is 0.123. The summed E-state index contributed by atoms with van der Waals surface area (Å²) in [6.45, 7) is 1.42. The molecule has 27 heavy (non-hydrogen) atoms. The van der Waals surface area contributed by atoms with Gasteiger partial charge in [0.25, 0.3) is 11.8 Å².